The maximum Gasteiger partial charge on any atom is 0.140 e. The fraction of sp³-hybridized carbons (Fsp3) is 0.391. The predicted octanol–water partition coefficient (Wildman–Crippen LogP) is 4.03. The number of aliphatic hydroxyl groups is 1. The first-order valence-electron chi connectivity index (χ1n) is 10.6. The summed E-state index contributed by atoms with van der Waals surface area (Å²) in [6.07, 6.45) is 3.18. The first-order valence-corrected chi connectivity index (χ1v) is 11.3. The maximum absolute atomic E-state index is 10.8. The zero-order valence-electron chi connectivity index (χ0n) is 17.0. The van der Waals surface area contributed by atoms with Crippen LogP contribution < -0.4 is 9.64 Å². The highest BCUT2D eigenvalue weighted by molar-refractivity contribution is 6.31. The number of halogens is 2. The minimum Gasteiger partial charge on any atom is -0.490 e. The number of hydrogen-bond acceptors (Lipinski definition) is 6. The van der Waals surface area contributed by atoms with Gasteiger partial charge >= 0.3 is 0 Å². The predicted molar refractivity (Wildman–Crippen MR) is 123 cm³/mol. The smallest absolute Gasteiger partial charge is 0.140 e. The van der Waals surface area contributed by atoms with Crippen LogP contribution in [0.4, 0.5) is 5.82 Å². The van der Waals surface area contributed by atoms with Gasteiger partial charge in [-0.15, -0.1) is 0 Å². The van der Waals surface area contributed by atoms with E-state index in [-0.39, 0.29) is 12.1 Å². The number of ether oxygens (including phenoxy) is 1. The second kappa shape index (κ2) is 8.79. The van der Waals surface area contributed by atoms with Crippen LogP contribution in [-0.4, -0.2) is 64.4 Å². The molecular formula is C23H24Cl2N4O2. The number of likely N-dealkylation sites (tertiary alicyclic amines) is 1. The van der Waals surface area contributed by atoms with Crippen molar-refractivity contribution in [1.82, 2.24) is 14.9 Å². The number of piperidine rings is 1. The second-order valence-corrected chi connectivity index (χ2v) is 9.08. The third kappa shape index (κ3) is 4.44. The Morgan fingerprint density at radius 2 is 1.68 bits per heavy atom. The highest BCUT2D eigenvalue weighted by atomic mass is 35.5. The molecule has 2 aliphatic rings. The van der Waals surface area contributed by atoms with E-state index in [0.717, 1.165) is 54.9 Å². The lowest BCUT2D eigenvalue weighted by Crippen LogP contribution is -2.49. The first-order chi connectivity index (χ1) is 15.1. The van der Waals surface area contributed by atoms with Crippen LogP contribution in [0.2, 0.25) is 10.0 Å². The Hall–Kier alpha value is -2.12. The molecule has 0 saturated carbocycles. The summed E-state index contributed by atoms with van der Waals surface area (Å²) in [5.74, 6) is 1.70. The molecule has 1 N–H and O–H groups in total. The SMILES string of the molecule is O[C@H]1CN(c2ncnc3cc(Cl)ccc23)C[C@@H]1N1CCC(Oc2ccc(Cl)cc2)CC1. The van der Waals surface area contributed by atoms with Gasteiger partial charge in [0.25, 0.3) is 0 Å². The van der Waals surface area contributed by atoms with E-state index in [0.29, 0.717) is 16.6 Å². The van der Waals surface area contributed by atoms with Crippen LogP contribution in [0.25, 0.3) is 10.9 Å². The van der Waals surface area contributed by atoms with Crippen molar-refractivity contribution in [3.05, 3.63) is 58.8 Å². The molecule has 3 aromatic rings. The highest BCUT2D eigenvalue weighted by Crippen LogP contribution is 2.30. The van der Waals surface area contributed by atoms with Gasteiger partial charge in [0.05, 0.1) is 17.7 Å². The van der Waals surface area contributed by atoms with Crippen LogP contribution in [0.3, 0.4) is 0 Å². The molecule has 0 unspecified atom stereocenters. The number of aliphatic hydroxyl groups excluding tert-OH is 1. The van der Waals surface area contributed by atoms with E-state index in [1.807, 2.05) is 42.5 Å². The average molecular weight is 459 g/mol. The van der Waals surface area contributed by atoms with Crippen LogP contribution in [0.15, 0.2) is 48.8 Å². The number of hydrogen-bond donors (Lipinski definition) is 1. The van der Waals surface area contributed by atoms with Gasteiger partial charge in [-0.05, 0) is 55.3 Å². The molecule has 2 aliphatic heterocycles. The van der Waals surface area contributed by atoms with Crippen molar-refractivity contribution in [2.75, 3.05) is 31.1 Å². The molecule has 0 radical (unpaired) electrons. The number of nitrogens with zero attached hydrogens (tertiary/aromatic N) is 4. The topological polar surface area (TPSA) is 61.7 Å². The van der Waals surface area contributed by atoms with Gasteiger partial charge in [0.15, 0.2) is 0 Å². The van der Waals surface area contributed by atoms with E-state index in [1.165, 1.54) is 0 Å². The molecule has 8 heteroatoms. The average Bonchev–Trinajstić information content (AvgIpc) is 3.16. The van der Waals surface area contributed by atoms with Crippen LogP contribution in [0.1, 0.15) is 12.8 Å². The summed E-state index contributed by atoms with van der Waals surface area (Å²) in [5, 5.41) is 13.1. The Labute approximate surface area is 191 Å². The minimum absolute atomic E-state index is 0.0776. The zero-order chi connectivity index (χ0) is 21.4. The largest absolute Gasteiger partial charge is 0.490 e. The van der Waals surface area contributed by atoms with E-state index < -0.39 is 6.10 Å². The summed E-state index contributed by atoms with van der Waals surface area (Å²) >= 11 is 12.1. The minimum atomic E-state index is -0.425. The number of β-amino-alcohol motifs (C(OH)–C–C–N with tert-alkyl or cyclic N) is 1. The molecule has 162 valence electrons. The van der Waals surface area contributed by atoms with Crippen LogP contribution in [0.5, 0.6) is 5.75 Å². The van der Waals surface area contributed by atoms with Gasteiger partial charge in [-0.25, -0.2) is 9.97 Å². The summed E-state index contributed by atoms with van der Waals surface area (Å²) in [6, 6.07) is 13.2. The van der Waals surface area contributed by atoms with E-state index in [2.05, 4.69) is 19.8 Å². The molecule has 2 fully saturated rings. The summed E-state index contributed by atoms with van der Waals surface area (Å²) in [6.45, 7) is 3.08. The van der Waals surface area contributed by atoms with Crippen molar-refractivity contribution in [2.45, 2.75) is 31.1 Å². The molecule has 2 aromatic carbocycles. The quantitative estimate of drug-likeness (QED) is 0.636. The van der Waals surface area contributed by atoms with Gasteiger partial charge < -0.3 is 14.7 Å². The van der Waals surface area contributed by atoms with E-state index in [9.17, 15) is 5.11 Å². The van der Waals surface area contributed by atoms with E-state index >= 15 is 0 Å². The van der Waals surface area contributed by atoms with Crippen molar-refractivity contribution < 1.29 is 9.84 Å². The fourth-order valence-electron chi connectivity index (χ4n) is 4.60. The molecule has 0 bridgehead atoms. The highest BCUT2D eigenvalue weighted by Gasteiger charge is 2.38. The molecule has 6 nitrogen and oxygen atoms in total. The van der Waals surface area contributed by atoms with Crippen molar-refractivity contribution in [3.63, 3.8) is 0 Å². The van der Waals surface area contributed by atoms with E-state index in [4.69, 9.17) is 27.9 Å². The number of benzene rings is 2. The van der Waals surface area contributed by atoms with Gasteiger partial charge in [-0.2, -0.15) is 0 Å². The molecule has 0 spiro atoms. The molecule has 3 heterocycles. The van der Waals surface area contributed by atoms with Gasteiger partial charge in [-0.3, -0.25) is 4.90 Å². The Balaban J connectivity index is 1.23. The van der Waals surface area contributed by atoms with Crippen molar-refractivity contribution in [2.24, 2.45) is 0 Å². The number of fused-ring (bicyclic) bond motifs is 1. The number of rotatable bonds is 4. The summed E-state index contributed by atoms with van der Waals surface area (Å²) < 4.78 is 6.11. The van der Waals surface area contributed by atoms with Crippen molar-refractivity contribution in [1.29, 1.82) is 0 Å². The molecular weight excluding hydrogens is 435 g/mol. The Bertz CT molecular complexity index is 1060. The molecule has 0 amide bonds. The molecule has 31 heavy (non-hydrogen) atoms. The van der Waals surface area contributed by atoms with Crippen molar-refractivity contribution >= 4 is 39.9 Å². The summed E-state index contributed by atoms with van der Waals surface area (Å²) in [5.41, 5.74) is 0.815. The molecule has 2 saturated heterocycles. The zero-order valence-corrected chi connectivity index (χ0v) is 18.5. The number of anilines is 1. The Kier molecular flexibility index (Phi) is 5.89. The normalized spacial score (nSPS) is 22.9. The van der Waals surface area contributed by atoms with Crippen LogP contribution in [0, 0.1) is 0 Å². The number of aromatic nitrogens is 2. The molecule has 5 rings (SSSR count). The lowest BCUT2D eigenvalue weighted by molar-refractivity contribution is 0.0364. The Morgan fingerprint density at radius 3 is 2.45 bits per heavy atom. The third-order valence-electron chi connectivity index (χ3n) is 6.20. The summed E-state index contributed by atoms with van der Waals surface area (Å²) in [7, 11) is 0. The van der Waals surface area contributed by atoms with Gasteiger partial charge in [-0.1, -0.05) is 23.2 Å². The monoisotopic (exact) mass is 458 g/mol. The maximum atomic E-state index is 10.8. The van der Waals surface area contributed by atoms with Gasteiger partial charge in [0.1, 0.15) is 24.0 Å². The molecule has 0 aliphatic carbocycles. The third-order valence-corrected chi connectivity index (χ3v) is 6.69. The standard InChI is InChI=1S/C23H24Cl2N4O2/c24-15-1-4-17(5-2-15)31-18-7-9-28(10-8-18)21-12-29(13-22(21)30)23-19-6-3-16(25)11-20(19)26-14-27-23/h1-6,11,14,18,21-22,30H,7-10,12-13H2/t21-,22-/m0/s1. The molecule has 2 atom stereocenters. The van der Waals surface area contributed by atoms with Gasteiger partial charge in [0, 0.05) is 41.6 Å². The fourth-order valence-corrected chi connectivity index (χ4v) is 4.89. The summed E-state index contributed by atoms with van der Waals surface area (Å²) in [4.78, 5) is 13.4. The second-order valence-electron chi connectivity index (χ2n) is 8.21. The first kappa shape index (κ1) is 20.8. The lowest BCUT2D eigenvalue weighted by atomic mass is 10.0. The Morgan fingerprint density at radius 1 is 0.935 bits per heavy atom. The lowest BCUT2D eigenvalue weighted by Gasteiger charge is -2.36. The van der Waals surface area contributed by atoms with Crippen LogP contribution >= 0.6 is 23.2 Å². The van der Waals surface area contributed by atoms with Gasteiger partial charge in [0.2, 0.25) is 0 Å². The van der Waals surface area contributed by atoms with E-state index in [1.54, 1.807) is 6.33 Å². The van der Waals surface area contributed by atoms with Crippen molar-refractivity contribution in [3.8, 4) is 5.75 Å². The van der Waals surface area contributed by atoms with Crippen LogP contribution in [-0.2, 0) is 0 Å². The molecule has 1 aromatic heterocycles.